The molecule has 0 amide bonds. The number of hydrogen-bond donors (Lipinski definition) is 3. The Bertz CT molecular complexity index is 254. The number of hydrogen-bond acceptors (Lipinski definition) is 5. The van der Waals surface area contributed by atoms with E-state index in [1.165, 1.54) is 12.4 Å². The third kappa shape index (κ3) is 3.54. The van der Waals surface area contributed by atoms with E-state index in [9.17, 15) is 0 Å². The Balaban J connectivity index is 2.41. The van der Waals surface area contributed by atoms with E-state index >= 15 is 0 Å². The van der Waals surface area contributed by atoms with Gasteiger partial charge in [0.1, 0.15) is 0 Å². The van der Waals surface area contributed by atoms with Crippen molar-refractivity contribution in [2.24, 2.45) is 0 Å². The van der Waals surface area contributed by atoms with E-state index in [0.717, 1.165) is 0 Å². The first-order chi connectivity index (χ1) is 6.22. The molecule has 0 saturated heterocycles. The van der Waals surface area contributed by atoms with Gasteiger partial charge in [0.15, 0.2) is 0 Å². The van der Waals surface area contributed by atoms with Gasteiger partial charge in [-0.3, -0.25) is 0 Å². The van der Waals surface area contributed by atoms with Gasteiger partial charge in [0.2, 0.25) is 5.95 Å². The van der Waals surface area contributed by atoms with E-state index in [2.05, 4.69) is 15.3 Å². The summed E-state index contributed by atoms with van der Waals surface area (Å²) < 4.78 is 0. The van der Waals surface area contributed by atoms with Crippen LogP contribution in [0.1, 0.15) is 0 Å². The van der Waals surface area contributed by atoms with Crippen LogP contribution in [0.15, 0.2) is 12.4 Å². The molecule has 0 aromatic carbocycles. The number of halogens is 1. The van der Waals surface area contributed by atoms with Crippen LogP contribution in [0.4, 0.5) is 5.95 Å². The van der Waals surface area contributed by atoms with Crippen molar-refractivity contribution in [1.82, 2.24) is 9.97 Å². The number of aliphatic hydroxyl groups is 2. The van der Waals surface area contributed by atoms with Crippen LogP contribution in [-0.4, -0.2) is 39.4 Å². The van der Waals surface area contributed by atoms with E-state index in [-0.39, 0.29) is 13.2 Å². The first-order valence-corrected chi connectivity index (χ1v) is 4.10. The average Bonchev–Trinajstić information content (AvgIpc) is 2.16. The molecular formula is C7H10ClN3O2. The summed E-state index contributed by atoms with van der Waals surface area (Å²) in [5.41, 5.74) is 0. The molecule has 0 bridgehead atoms. The highest BCUT2D eigenvalue weighted by atomic mass is 35.5. The topological polar surface area (TPSA) is 78.3 Å². The number of rotatable bonds is 4. The van der Waals surface area contributed by atoms with Gasteiger partial charge in [-0.1, -0.05) is 11.6 Å². The van der Waals surface area contributed by atoms with Gasteiger partial charge in [-0.05, 0) is 0 Å². The van der Waals surface area contributed by atoms with E-state index in [4.69, 9.17) is 21.8 Å². The molecule has 0 fully saturated rings. The highest BCUT2D eigenvalue weighted by molar-refractivity contribution is 6.30. The minimum atomic E-state index is -0.806. The molecule has 6 heteroatoms. The molecule has 1 atom stereocenters. The number of aromatic nitrogens is 2. The molecule has 0 aliphatic carbocycles. The van der Waals surface area contributed by atoms with Crippen molar-refractivity contribution in [2.75, 3.05) is 18.5 Å². The van der Waals surface area contributed by atoms with Crippen LogP contribution in [0.25, 0.3) is 0 Å². The van der Waals surface area contributed by atoms with Crippen molar-refractivity contribution in [3.05, 3.63) is 17.4 Å². The number of nitrogens with one attached hydrogen (secondary N) is 1. The van der Waals surface area contributed by atoms with Gasteiger partial charge in [0.25, 0.3) is 0 Å². The predicted octanol–water partition coefficient (Wildman–Crippen LogP) is -0.105. The largest absolute Gasteiger partial charge is 0.394 e. The van der Waals surface area contributed by atoms with Gasteiger partial charge in [-0.2, -0.15) is 0 Å². The molecule has 0 radical (unpaired) electrons. The molecule has 5 nitrogen and oxygen atoms in total. The maximum atomic E-state index is 8.98. The third-order valence-electron chi connectivity index (χ3n) is 1.33. The zero-order chi connectivity index (χ0) is 9.68. The molecular weight excluding hydrogens is 194 g/mol. The quantitative estimate of drug-likeness (QED) is 0.637. The Hall–Kier alpha value is -0.910. The summed E-state index contributed by atoms with van der Waals surface area (Å²) in [6.07, 6.45) is 2.09. The van der Waals surface area contributed by atoms with Crippen LogP contribution < -0.4 is 5.32 Å². The average molecular weight is 204 g/mol. The van der Waals surface area contributed by atoms with Crippen LogP contribution in [0.3, 0.4) is 0 Å². The first kappa shape index (κ1) is 10.2. The second-order valence-corrected chi connectivity index (χ2v) is 2.88. The highest BCUT2D eigenvalue weighted by Gasteiger charge is 2.01. The molecule has 0 spiro atoms. The monoisotopic (exact) mass is 203 g/mol. The zero-order valence-electron chi connectivity index (χ0n) is 6.81. The molecule has 0 saturated carbocycles. The van der Waals surface area contributed by atoms with Crippen molar-refractivity contribution in [3.63, 3.8) is 0 Å². The molecule has 72 valence electrons. The van der Waals surface area contributed by atoms with Crippen LogP contribution in [0, 0.1) is 0 Å². The van der Waals surface area contributed by atoms with Gasteiger partial charge in [0.05, 0.1) is 30.1 Å². The minimum absolute atomic E-state index is 0.206. The fraction of sp³-hybridized carbons (Fsp3) is 0.429. The van der Waals surface area contributed by atoms with Crippen molar-refractivity contribution in [2.45, 2.75) is 6.10 Å². The van der Waals surface area contributed by atoms with E-state index < -0.39 is 6.10 Å². The lowest BCUT2D eigenvalue weighted by Gasteiger charge is -2.07. The third-order valence-corrected chi connectivity index (χ3v) is 1.52. The van der Waals surface area contributed by atoms with Gasteiger partial charge in [-0.15, -0.1) is 0 Å². The Morgan fingerprint density at radius 3 is 2.62 bits per heavy atom. The highest BCUT2D eigenvalue weighted by Crippen LogP contribution is 2.05. The number of aliphatic hydroxyl groups excluding tert-OH is 2. The molecule has 1 aromatic heterocycles. The van der Waals surface area contributed by atoms with Crippen LogP contribution >= 0.6 is 11.6 Å². The Labute approximate surface area is 80.4 Å². The van der Waals surface area contributed by atoms with Crippen LogP contribution in [0.5, 0.6) is 0 Å². The summed E-state index contributed by atoms with van der Waals surface area (Å²) in [7, 11) is 0. The van der Waals surface area contributed by atoms with Crippen LogP contribution in [-0.2, 0) is 0 Å². The lowest BCUT2D eigenvalue weighted by Crippen LogP contribution is -2.23. The number of anilines is 1. The summed E-state index contributed by atoms with van der Waals surface area (Å²) >= 11 is 5.56. The van der Waals surface area contributed by atoms with Gasteiger partial charge < -0.3 is 15.5 Å². The first-order valence-electron chi connectivity index (χ1n) is 3.72. The molecule has 0 aliphatic rings. The Morgan fingerprint density at radius 2 is 2.08 bits per heavy atom. The Kier molecular flexibility index (Phi) is 3.88. The normalized spacial score (nSPS) is 12.5. The fourth-order valence-corrected chi connectivity index (χ4v) is 0.775. The summed E-state index contributed by atoms with van der Waals surface area (Å²) in [5.74, 6) is 0.372. The van der Waals surface area contributed by atoms with Crippen molar-refractivity contribution in [1.29, 1.82) is 0 Å². The zero-order valence-corrected chi connectivity index (χ0v) is 7.57. The molecule has 3 N–H and O–H groups in total. The molecule has 1 rings (SSSR count). The molecule has 0 aliphatic heterocycles. The van der Waals surface area contributed by atoms with Crippen LogP contribution in [0.2, 0.25) is 5.02 Å². The maximum absolute atomic E-state index is 8.98. The fourth-order valence-electron chi connectivity index (χ4n) is 0.677. The molecule has 1 aromatic rings. The molecule has 1 unspecified atom stereocenters. The minimum Gasteiger partial charge on any atom is -0.394 e. The second kappa shape index (κ2) is 4.96. The maximum Gasteiger partial charge on any atom is 0.222 e. The summed E-state index contributed by atoms with van der Waals surface area (Å²) in [6, 6.07) is 0. The number of nitrogens with zero attached hydrogens (tertiary/aromatic N) is 2. The predicted molar refractivity (Wildman–Crippen MR) is 48.6 cm³/mol. The van der Waals surface area contributed by atoms with Gasteiger partial charge >= 0.3 is 0 Å². The summed E-state index contributed by atoms with van der Waals surface area (Å²) in [5, 5.41) is 20.7. The van der Waals surface area contributed by atoms with E-state index in [1.807, 2.05) is 0 Å². The lowest BCUT2D eigenvalue weighted by molar-refractivity contribution is 0.105. The lowest BCUT2D eigenvalue weighted by atomic mass is 10.4. The van der Waals surface area contributed by atoms with Gasteiger partial charge in [0, 0.05) is 6.54 Å². The van der Waals surface area contributed by atoms with Crippen molar-refractivity contribution >= 4 is 17.5 Å². The summed E-state index contributed by atoms with van der Waals surface area (Å²) in [6.45, 7) is -0.0846. The molecule has 1 heterocycles. The van der Waals surface area contributed by atoms with Gasteiger partial charge in [-0.25, -0.2) is 9.97 Å². The van der Waals surface area contributed by atoms with Crippen molar-refractivity contribution in [3.8, 4) is 0 Å². The molecule has 13 heavy (non-hydrogen) atoms. The standard InChI is InChI=1S/C7H10ClN3O2/c8-5-1-9-7(10-2-5)11-3-6(13)4-12/h1-2,6,12-13H,3-4H2,(H,9,10,11). The SMILES string of the molecule is OCC(O)CNc1ncc(Cl)cn1. The smallest absolute Gasteiger partial charge is 0.222 e. The van der Waals surface area contributed by atoms with Crippen molar-refractivity contribution < 1.29 is 10.2 Å². The van der Waals surface area contributed by atoms with E-state index in [0.29, 0.717) is 11.0 Å². The van der Waals surface area contributed by atoms with E-state index in [1.54, 1.807) is 0 Å². The Morgan fingerprint density at radius 1 is 1.46 bits per heavy atom. The second-order valence-electron chi connectivity index (χ2n) is 2.44. The summed E-state index contributed by atoms with van der Waals surface area (Å²) in [4.78, 5) is 7.68.